The van der Waals surface area contributed by atoms with E-state index in [2.05, 4.69) is 20.5 Å². The second-order valence-corrected chi connectivity index (χ2v) is 7.87. The average molecular weight is 515 g/mol. The van der Waals surface area contributed by atoms with Crippen molar-refractivity contribution in [1.29, 1.82) is 0 Å². The van der Waals surface area contributed by atoms with Gasteiger partial charge in [-0.2, -0.15) is 0 Å². The molecule has 162 valence electrons. The minimum absolute atomic E-state index is 0. The van der Waals surface area contributed by atoms with Gasteiger partial charge < -0.3 is 21.3 Å². The summed E-state index contributed by atoms with van der Waals surface area (Å²) in [7, 11) is 1.77. The Morgan fingerprint density at radius 2 is 2.10 bits per heavy atom. The first kappa shape index (κ1) is 25.2. The minimum atomic E-state index is -0.244. The molecule has 2 amide bonds. The first-order valence-electron chi connectivity index (χ1n) is 10.00. The number of nitrogens with two attached hydrogens (primary N) is 1. The monoisotopic (exact) mass is 515 g/mol. The standard InChI is InChI=1S/C21H33N5O2.HI/c1-15(2)10-20(28)25-18-8-4-6-16(11-18)13-24-21(23-3)26-9-5-7-17(14-26)12-19(22)27;/h4,6,8,11,15,17H,5,7,9-10,12-14H2,1-3H3,(H2,22,27)(H,23,24)(H,25,28);1H. The topological polar surface area (TPSA) is 99.8 Å². The first-order valence-corrected chi connectivity index (χ1v) is 10.00. The Morgan fingerprint density at radius 3 is 2.76 bits per heavy atom. The molecule has 0 bridgehead atoms. The Kier molecular flexibility index (Phi) is 11.0. The van der Waals surface area contributed by atoms with E-state index < -0.39 is 0 Å². The third-order valence-electron chi connectivity index (χ3n) is 4.78. The molecule has 29 heavy (non-hydrogen) atoms. The van der Waals surface area contributed by atoms with Crippen LogP contribution in [0.3, 0.4) is 0 Å². The number of likely N-dealkylation sites (tertiary alicyclic amines) is 1. The number of aliphatic imine (C=N–C) groups is 1. The number of hydrogen-bond donors (Lipinski definition) is 3. The van der Waals surface area contributed by atoms with E-state index in [1.807, 2.05) is 38.1 Å². The number of benzene rings is 1. The maximum absolute atomic E-state index is 12.0. The summed E-state index contributed by atoms with van der Waals surface area (Å²) in [6.45, 7) is 6.37. The van der Waals surface area contributed by atoms with Gasteiger partial charge in [-0.3, -0.25) is 14.6 Å². The smallest absolute Gasteiger partial charge is 0.224 e. The third-order valence-corrected chi connectivity index (χ3v) is 4.78. The second kappa shape index (κ2) is 12.7. The van der Waals surface area contributed by atoms with Crippen LogP contribution in [-0.4, -0.2) is 42.8 Å². The van der Waals surface area contributed by atoms with Crippen molar-refractivity contribution in [2.75, 3.05) is 25.5 Å². The molecule has 1 aromatic carbocycles. The van der Waals surface area contributed by atoms with Crippen LogP contribution in [0.25, 0.3) is 0 Å². The Labute approximate surface area is 190 Å². The van der Waals surface area contributed by atoms with Crippen molar-refractivity contribution in [2.45, 2.75) is 46.1 Å². The molecule has 1 heterocycles. The lowest BCUT2D eigenvalue weighted by atomic mass is 9.95. The molecule has 1 saturated heterocycles. The molecule has 0 spiro atoms. The zero-order valence-electron chi connectivity index (χ0n) is 17.6. The zero-order valence-corrected chi connectivity index (χ0v) is 19.9. The van der Waals surface area contributed by atoms with Crippen molar-refractivity contribution >= 4 is 47.4 Å². The van der Waals surface area contributed by atoms with Gasteiger partial charge in [0.25, 0.3) is 0 Å². The molecule has 0 aromatic heterocycles. The van der Waals surface area contributed by atoms with Crippen molar-refractivity contribution in [3.05, 3.63) is 29.8 Å². The number of nitrogens with zero attached hydrogens (tertiary/aromatic N) is 2. The molecule has 1 aliphatic heterocycles. The fourth-order valence-electron chi connectivity index (χ4n) is 3.56. The number of primary amides is 1. The fraction of sp³-hybridized carbons (Fsp3) is 0.571. The summed E-state index contributed by atoms with van der Waals surface area (Å²) in [5, 5.41) is 6.34. The number of amides is 2. The lowest BCUT2D eigenvalue weighted by molar-refractivity contribution is -0.119. The van der Waals surface area contributed by atoms with Crippen LogP contribution in [0.5, 0.6) is 0 Å². The van der Waals surface area contributed by atoms with Gasteiger partial charge in [0.2, 0.25) is 11.8 Å². The molecule has 7 nitrogen and oxygen atoms in total. The van der Waals surface area contributed by atoms with Crippen LogP contribution in [0.1, 0.15) is 45.1 Å². The summed E-state index contributed by atoms with van der Waals surface area (Å²) in [6.07, 6.45) is 2.98. The fourth-order valence-corrected chi connectivity index (χ4v) is 3.56. The maximum Gasteiger partial charge on any atom is 0.224 e. The van der Waals surface area contributed by atoms with Crippen LogP contribution in [0.4, 0.5) is 5.69 Å². The third kappa shape index (κ3) is 9.01. The Balaban J connectivity index is 0.00000420. The van der Waals surface area contributed by atoms with Crippen molar-refractivity contribution in [1.82, 2.24) is 10.2 Å². The van der Waals surface area contributed by atoms with E-state index in [9.17, 15) is 9.59 Å². The molecule has 4 N–H and O–H groups in total. The molecule has 0 aliphatic carbocycles. The number of nitrogens with one attached hydrogen (secondary N) is 2. The number of halogens is 1. The summed E-state index contributed by atoms with van der Waals surface area (Å²) in [4.78, 5) is 29.8. The first-order chi connectivity index (χ1) is 13.4. The predicted molar refractivity (Wildman–Crippen MR) is 128 cm³/mol. The number of rotatable bonds is 7. The predicted octanol–water partition coefficient (Wildman–Crippen LogP) is 2.95. The summed E-state index contributed by atoms with van der Waals surface area (Å²) < 4.78 is 0. The SMILES string of the molecule is CN=C(NCc1cccc(NC(=O)CC(C)C)c1)N1CCCC(CC(N)=O)C1.I. The number of guanidine groups is 1. The molecular weight excluding hydrogens is 481 g/mol. The van der Waals surface area contributed by atoms with E-state index in [-0.39, 0.29) is 41.7 Å². The zero-order chi connectivity index (χ0) is 20.5. The Hall–Kier alpha value is -1.84. The highest BCUT2D eigenvalue weighted by Crippen LogP contribution is 2.19. The molecule has 2 rings (SSSR count). The van der Waals surface area contributed by atoms with Gasteiger partial charge in [-0.15, -0.1) is 24.0 Å². The molecule has 0 saturated carbocycles. The lowest BCUT2D eigenvalue weighted by Gasteiger charge is -2.34. The summed E-state index contributed by atoms with van der Waals surface area (Å²) in [6, 6.07) is 7.83. The van der Waals surface area contributed by atoms with Crippen LogP contribution in [0.2, 0.25) is 0 Å². The minimum Gasteiger partial charge on any atom is -0.370 e. The van der Waals surface area contributed by atoms with E-state index in [1.165, 1.54) is 0 Å². The number of carbonyl (C=O) groups excluding carboxylic acids is 2. The molecule has 8 heteroatoms. The number of anilines is 1. The van der Waals surface area contributed by atoms with Crippen molar-refractivity contribution in [3.63, 3.8) is 0 Å². The highest BCUT2D eigenvalue weighted by molar-refractivity contribution is 14.0. The quantitative estimate of drug-likeness (QED) is 0.296. The van der Waals surface area contributed by atoms with Gasteiger partial charge in [0.15, 0.2) is 5.96 Å². The van der Waals surface area contributed by atoms with E-state index in [1.54, 1.807) is 7.05 Å². The highest BCUT2D eigenvalue weighted by atomic mass is 127. The normalized spacial score (nSPS) is 16.9. The van der Waals surface area contributed by atoms with E-state index in [0.29, 0.717) is 25.3 Å². The van der Waals surface area contributed by atoms with Crippen LogP contribution in [-0.2, 0) is 16.1 Å². The van der Waals surface area contributed by atoms with Gasteiger partial charge in [-0.05, 0) is 42.4 Å². The van der Waals surface area contributed by atoms with Gasteiger partial charge in [0.1, 0.15) is 0 Å². The summed E-state index contributed by atoms with van der Waals surface area (Å²) in [5.41, 5.74) is 7.22. The van der Waals surface area contributed by atoms with Gasteiger partial charge >= 0.3 is 0 Å². The van der Waals surface area contributed by atoms with Gasteiger partial charge in [0.05, 0.1) is 0 Å². The Bertz CT molecular complexity index is 708. The number of hydrogen-bond acceptors (Lipinski definition) is 3. The van der Waals surface area contributed by atoms with Gasteiger partial charge in [-0.25, -0.2) is 0 Å². The van der Waals surface area contributed by atoms with Crippen molar-refractivity contribution in [2.24, 2.45) is 22.6 Å². The molecular formula is C21H34IN5O2. The van der Waals surface area contributed by atoms with Crippen LogP contribution in [0.15, 0.2) is 29.3 Å². The van der Waals surface area contributed by atoms with E-state index >= 15 is 0 Å². The maximum atomic E-state index is 12.0. The Morgan fingerprint density at radius 1 is 1.34 bits per heavy atom. The lowest BCUT2D eigenvalue weighted by Crippen LogP contribution is -2.46. The summed E-state index contributed by atoms with van der Waals surface area (Å²) in [5.74, 6) is 1.22. The molecule has 1 unspecified atom stereocenters. The number of carbonyl (C=O) groups is 2. The molecule has 1 atom stereocenters. The van der Waals surface area contributed by atoms with Gasteiger partial charge in [-0.1, -0.05) is 26.0 Å². The number of piperidine rings is 1. The summed E-state index contributed by atoms with van der Waals surface area (Å²) >= 11 is 0. The highest BCUT2D eigenvalue weighted by Gasteiger charge is 2.23. The largest absolute Gasteiger partial charge is 0.370 e. The second-order valence-electron chi connectivity index (χ2n) is 7.87. The molecule has 0 radical (unpaired) electrons. The van der Waals surface area contributed by atoms with Crippen LogP contribution < -0.4 is 16.4 Å². The van der Waals surface area contributed by atoms with Crippen LogP contribution >= 0.6 is 24.0 Å². The van der Waals surface area contributed by atoms with Crippen molar-refractivity contribution in [3.8, 4) is 0 Å². The molecule has 1 fully saturated rings. The molecule has 1 aliphatic rings. The van der Waals surface area contributed by atoms with E-state index in [4.69, 9.17) is 5.73 Å². The van der Waals surface area contributed by atoms with Crippen LogP contribution in [0, 0.1) is 11.8 Å². The molecule has 1 aromatic rings. The van der Waals surface area contributed by atoms with Gasteiger partial charge in [0, 0.05) is 45.2 Å². The van der Waals surface area contributed by atoms with Crippen molar-refractivity contribution < 1.29 is 9.59 Å². The van der Waals surface area contributed by atoms with E-state index in [0.717, 1.165) is 43.1 Å². The average Bonchev–Trinajstić information content (AvgIpc) is 2.61.